The lowest BCUT2D eigenvalue weighted by atomic mass is 9.57. The second kappa shape index (κ2) is 5.79. The molecule has 1 unspecified atom stereocenters. The van der Waals surface area contributed by atoms with Crippen LogP contribution in [0, 0.1) is 11.3 Å². The average Bonchev–Trinajstić information content (AvgIpc) is 3.09. The van der Waals surface area contributed by atoms with Crippen molar-refractivity contribution in [1.82, 2.24) is 25.5 Å². The topological polar surface area (TPSA) is 95.0 Å². The molecule has 4 rings (SSSR count). The quantitative estimate of drug-likeness (QED) is 0.853. The summed E-state index contributed by atoms with van der Waals surface area (Å²) in [5.41, 5.74) is 0.145. The Bertz CT molecular complexity index is 588. The molecule has 0 radical (unpaired) electrons. The number of rotatable bonds is 2. The summed E-state index contributed by atoms with van der Waals surface area (Å²) in [6.07, 6.45) is 7.88. The zero-order valence-corrected chi connectivity index (χ0v) is 14.4. The molecule has 7 heteroatoms. The first-order valence-corrected chi connectivity index (χ1v) is 9.21. The highest BCUT2D eigenvalue weighted by molar-refractivity contribution is 5.79. The molecule has 2 aliphatic carbocycles. The summed E-state index contributed by atoms with van der Waals surface area (Å²) in [5.74, 6) is 1.17. The molecule has 0 bridgehead atoms. The number of amides is 1. The molecule has 3 fully saturated rings. The predicted molar refractivity (Wildman–Crippen MR) is 87.0 cm³/mol. The molecule has 1 saturated heterocycles. The van der Waals surface area contributed by atoms with E-state index in [4.69, 9.17) is 0 Å². The van der Waals surface area contributed by atoms with Gasteiger partial charge in [0.25, 0.3) is 0 Å². The molecule has 2 heterocycles. The number of carbonyl (C=O) groups is 1. The second-order valence-electron chi connectivity index (χ2n) is 8.50. The summed E-state index contributed by atoms with van der Waals surface area (Å²) in [7, 11) is 0. The van der Waals surface area contributed by atoms with Gasteiger partial charge in [-0.2, -0.15) is 5.21 Å². The number of likely N-dealkylation sites (tertiary alicyclic amines) is 1. The number of nitrogens with one attached hydrogen (secondary N) is 1. The molecule has 24 heavy (non-hydrogen) atoms. The summed E-state index contributed by atoms with van der Waals surface area (Å²) >= 11 is 0. The van der Waals surface area contributed by atoms with Crippen molar-refractivity contribution in [3.63, 3.8) is 0 Å². The van der Waals surface area contributed by atoms with Gasteiger partial charge in [-0.15, -0.1) is 10.2 Å². The Morgan fingerprint density at radius 3 is 2.67 bits per heavy atom. The number of aliphatic hydroxyl groups is 1. The number of hydrogen-bond donors (Lipinski definition) is 2. The third kappa shape index (κ3) is 2.72. The fourth-order valence-electron chi connectivity index (χ4n) is 5.11. The summed E-state index contributed by atoms with van der Waals surface area (Å²) in [6.45, 7) is 3.65. The van der Waals surface area contributed by atoms with Crippen LogP contribution in [0.1, 0.15) is 64.1 Å². The van der Waals surface area contributed by atoms with Crippen molar-refractivity contribution in [3.8, 4) is 0 Å². The third-order valence-corrected chi connectivity index (χ3v) is 6.63. The molecule has 1 spiro atoms. The number of aromatic amines is 1. The van der Waals surface area contributed by atoms with E-state index in [2.05, 4.69) is 27.5 Å². The Morgan fingerprint density at radius 2 is 2.04 bits per heavy atom. The highest BCUT2D eigenvalue weighted by atomic mass is 16.3. The first kappa shape index (κ1) is 16.0. The molecule has 7 nitrogen and oxygen atoms in total. The monoisotopic (exact) mass is 333 g/mol. The smallest absolute Gasteiger partial charge is 0.225 e. The Kier molecular flexibility index (Phi) is 3.86. The number of piperidine rings is 1. The molecule has 1 aromatic heterocycles. The van der Waals surface area contributed by atoms with E-state index < -0.39 is 0 Å². The minimum atomic E-state index is -0.200. The van der Waals surface area contributed by atoms with Gasteiger partial charge >= 0.3 is 0 Å². The van der Waals surface area contributed by atoms with Crippen molar-refractivity contribution in [1.29, 1.82) is 0 Å². The summed E-state index contributed by atoms with van der Waals surface area (Å²) in [5, 5.41) is 24.1. The van der Waals surface area contributed by atoms with Crippen LogP contribution in [0.4, 0.5) is 0 Å². The van der Waals surface area contributed by atoms with Gasteiger partial charge in [0.2, 0.25) is 5.91 Å². The minimum Gasteiger partial charge on any atom is -0.393 e. The maximum Gasteiger partial charge on any atom is 0.225 e. The Hall–Kier alpha value is -1.50. The van der Waals surface area contributed by atoms with Gasteiger partial charge in [0.05, 0.1) is 6.10 Å². The molecule has 1 aromatic rings. The van der Waals surface area contributed by atoms with Gasteiger partial charge in [0.1, 0.15) is 0 Å². The van der Waals surface area contributed by atoms with E-state index in [1.54, 1.807) is 0 Å². The van der Waals surface area contributed by atoms with E-state index in [-0.39, 0.29) is 17.4 Å². The van der Waals surface area contributed by atoms with Gasteiger partial charge in [-0.25, -0.2) is 0 Å². The van der Waals surface area contributed by atoms with Crippen molar-refractivity contribution in [2.75, 3.05) is 13.1 Å². The van der Waals surface area contributed by atoms with Crippen LogP contribution in [0.3, 0.4) is 0 Å². The number of tetrazole rings is 1. The van der Waals surface area contributed by atoms with Crippen LogP contribution >= 0.6 is 0 Å². The molecular formula is C17H27N5O2. The molecule has 1 atom stereocenters. The van der Waals surface area contributed by atoms with Crippen molar-refractivity contribution >= 4 is 5.91 Å². The highest BCUT2D eigenvalue weighted by Gasteiger charge is 2.47. The average molecular weight is 333 g/mol. The Morgan fingerprint density at radius 1 is 1.29 bits per heavy atom. The maximum atomic E-state index is 13.0. The molecule has 1 amide bonds. The van der Waals surface area contributed by atoms with Crippen molar-refractivity contribution in [3.05, 3.63) is 5.82 Å². The van der Waals surface area contributed by atoms with Crippen LogP contribution in [0.15, 0.2) is 0 Å². The predicted octanol–water partition coefficient (Wildman–Crippen LogP) is 1.41. The molecular weight excluding hydrogens is 306 g/mol. The van der Waals surface area contributed by atoms with E-state index in [0.717, 1.165) is 57.9 Å². The number of H-pyrrole nitrogens is 1. The molecule has 132 valence electrons. The fourth-order valence-corrected chi connectivity index (χ4v) is 5.11. The van der Waals surface area contributed by atoms with Crippen LogP contribution in [0.5, 0.6) is 0 Å². The van der Waals surface area contributed by atoms with Crippen molar-refractivity contribution < 1.29 is 9.90 Å². The van der Waals surface area contributed by atoms with Gasteiger partial charge in [0, 0.05) is 24.4 Å². The van der Waals surface area contributed by atoms with E-state index in [9.17, 15) is 9.90 Å². The first-order valence-electron chi connectivity index (χ1n) is 9.21. The second-order valence-corrected chi connectivity index (χ2v) is 8.50. The number of aliphatic hydroxyl groups excluding tert-OH is 1. The van der Waals surface area contributed by atoms with Crippen molar-refractivity contribution in [2.24, 2.45) is 11.3 Å². The van der Waals surface area contributed by atoms with Crippen LogP contribution in [0.25, 0.3) is 0 Å². The lowest BCUT2D eigenvalue weighted by molar-refractivity contribution is -0.141. The molecule has 2 N–H and O–H groups in total. The lowest BCUT2D eigenvalue weighted by Gasteiger charge is -2.50. The fraction of sp³-hybridized carbons (Fsp3) is 0.882. The number of aromatic nitrogens is 4. The van der Waals surface area contributed by atoms with E-state index in [1.807, 2.05) is 4.90 Å². The van der Waals surface area contributed by atoms with Crippen LogP contribution in [0.2, 0.25) is 0 Å². The number of hydrogen-bond acceptors (Lipinski definition) is 5. The lowest BCUT2D eigenvalue weighted by Crippen LogP contribution is -2.51. The first-order chi connectivity index (χ1) is 11.5. The Labute approximate surface area is 142 Å². The van der Waals surface area contributed by atoms with Gasteiger partial charge in [-0.05, 0) is 56.8 Å². The molecule has 3 aliphatic rings. The SMILES string of the molecule is CC1(c2nn[nH]n2)CCCN(C(=O)C2CCC3(CC2)CC(O)C3)C1. The largest absolute Gasteiger partial charge is 0.393 e. The Balaban J connectivity index is 1.38. The van der Waals surface area contributed by atoms with Gasteiger partial charge in [-0.1, -0.05) is 12.1 Å². The standard InChI is InChI=1S/C17H27N5O2/c1-16(15-18-20-21-19-15)5-2-8-22(11-16)14(24)12-3-6-17(7-4-12)9-13(23)10-17/h12-13,23H,2-11H2,1H3,(H,18,19,20,21). The third-order valence-electron chi connectivity index (χ3n) is 6.63. The zero-order valence-electron chi connectivity index (χ0n) is 14.4. The highest BCUT2D eigenvalue weighted by Crippen LogP contribution is 2.53. The number of nitrogens with zero attached hydrogens (tertiary/aromatic N) is 4. The van der Waals surface area contributed by atoms with Gasteiger partial charge in [0.15, 0.2) is 5.82 Å². The van der Waals surface area contributed by atoms with E-state index >= 15 is 0 Å². The molecule has 0 aromatic carbocycles. The minimum absolute atomic E-state index is 0.102. The summed E-state index contributed by atoms with van der Waals surface area (Å²) in [4.78, 5) is 15.0. The molecule has 1 aliphatic heterocycles. The molecule has 2 saturated carbocycles. The normalized spacial score (nSPS) is 39.7. The van der Waals surface area contributed by atoms with Crippen molar-refractivity contribution in [2.45, 2.75) is 69.8 Å². The van der Waals surface area contributed by atoms with Crippen LogP contribution < -0.4 is 0 Å². The van der Waals surface area contributed by atoms with Gasteiger partial charge in [-0.3, -0.25) is 4.79 Å². The van der Waals surface area contributed by atoms with Gasteiger partial charge < -0.3 is 10.0 Å². The van der Waals surface area contributed by atoms with Crippen LogP contribution in [-0.2, 0) is 10.2 Å². The summed E-state index contributed by atoms with van der Waals surface area (Å²) in [6, 6.07) is 0. The van der Waals surface area contributed by atoms with Crippen LogP contribution in [-0.4, -0.2) is 55.7 Å². The number of carbonyl (C=O) groups excluding carboxylic acids is 1. The maximum absolute atomic E-state index is 13.0. The van der Waals surface area contributed by atoms with E-state index in [1.165, 1.54) is 0 Å². The summed E-state index contributed by atoms with van der Waals surface area (Å²) < 4.78 is 0. The zero-order chi connectivity index (χ0) is 16.8. The van der Waals surface area contributed by atoms with E-state index in [0.29, 0.717) is 23.7 Å².